The molecule has 1 spiro atoms. The molecule has 2 N–H and O–H groups in total. The summed E-state index contributed by atoms with van der Waals surface area (Å²) in [6, 6.07) is 7.58. The first kappa shape index (κ1) is 18.0. The third-order valence-electron chi connectivity index (χ3n) is 4.69. The molecule has 1 heterocycles. The monoisotopic (exact) mass is 362 g/mol. The average Bonchev–Trinajstić information content (AvgIpc) is 3.01. The maximum atomic E-state index is 12.8. The van der Waals surface area contributed by atoms with Gasteiger partial charge in [-0.05, 0) is 31.2 Å². The number of carbonyl (C=O) groups excluding carboxylic acids is 1. The van der Waals surface area contributed by atoms with Crippen molar-refractivity contribution in [2.24, 2.45) is 0 Å². The minimum Gasteiger partial charge on any atom is -0.445 e. The third kappa shape index (κ3) is 4.64. The summed E-state index contributed by atoms with van der Waals surface area (Å²) in [5, 5.41) is 5.35. The summed E-state index contributed by atoms with van der Waals surface area (Å²) in [6.07, 6.45) is -2.90. The van der Waals surface area contributed by atoms with E-state index >= 15 is 0 Å². The van der Waals surface area contributed by atoms with Crippen LogP contribution < -0.4 is 10.6 Å². The van der Waals surface area contributed by atoms with Gasteiger partial charge < -0.3 is 14.8 Å². The minimum absolute atomic E-state index is 0. The molecule has 0 aromatic heterocycles. The molecule has 0 unspecified atom stereocenters. The summed E-state index contributed by atoms with van der Waals surface area (Å²) >= 11 is 0. The number of nitrogens with one attached hydrogen (secondary N) is 2. The fraction of sp³-hybridized carbons (Fsp3) is 0.588. The number of amides is 1. The lowest BCUT2D eigenvalue weighted by Crippen LogP contribution is -2.53. The van der Waals surface area contributed by atoms with Gasteiger partial charge >= 0.3 is 12.3 Å². The first-order valence-electron chi connectivity index (χ1n) is 8.32. The molecule has 0 radical (unpaired) electrons. The Morgan fingerprint density at radius 1 is 1.32 bits per heavy atom. The van der Waals surface area contributed by atoms with E-state index in [1.165, 1.54) is 0 Å². The maximum absolute atomic E-state index is 12.8. The normalized spacial score (nSPS) is 29.6. The fourth-order valence-electron chi connectivity index (χ4n) is 3.27. The Morgan fingerprint density at radius 3 is 2.60 bits per heavy atom. The van der Waals surface area contributed by atoms with Crippen LogP contribution in [0.5, 0.6) is 0 Å². The van der Waals surface area contributed by atoms with Crippen molar-refractivity contribution in [2.75, 3.05) is 6.61 Å². The van der Waals surface area contributed by atoms with E-state index in [2.05, 4.69) is 10.6 Å². The van der Waals surface area contributed by atoms with Crippen LogP contribution in [0.3, 0.4) is 0 Å². The van der Waals surface area contributed by atoms with Gasteiger partial charge in [-0.3, -0.25) is 5.32 Å². The summed E-state index contributed by atoms with van der Waals surface area (Å²) < 4.78 is 48.8. The number of carbonyl (C=O) groups is 1. The van der Waals surface area contributed by atoms with Gasteiger partial charge in [-0.25, -0.2) is 4.79 Å². The van der Waals surface area contributed by atoms with Crippen molar-refractivity contribution in [3.63, 3.8) is 0 Å². The van der Waals surface area contributed by atoms with Gasteiger partial charge in [-0.15, -0.1) is 0 Å². The maximum Gasteiger partial charge on any atom is 0.407 e. The van der Waals surface area contributed by atoms with E-state index in [1.54, 1.807) is 0 Å². The summed E-state index contributed by atoms with van der Waals surface area (Å²) in [5.74, 6) is 0. The molecule has 1 amide bonds. The van der Waals surface area contributed by atoms with Gasteiger partial charge in [0.2, 0.25) is 0 Å². The Balaban J connectivity index is 0.00000182. The second-order valence-corrected chi connectivity index (χ2v) is 6.52. The average molecular weight is 362 g/mol. The molecule has 2 fully saturated rings. The van der Waals surface area contributed by atoms with Crippen LogP contribution in [0.2, 0.25) is 0 Å². The molecule has 1 aliphatic carbocycles. The number of ether oxygens (including phenoxy) is 2. The largest absolute Gasteiger partial charge is 0.445 e. The van der Waals surface area contributed by atoms with E-state index < -0.39 is 24.0 Å². The van der Waals surface area contributed by atoms with E-state index in [0.717, 1.165) is 5.56 Å². The first-order valence-corrected chi connectivity index (χ1v) is 8.32. The van der Waals surface area contributed by atoms with Gasteiger partial charge in [0.15, 0.2) is 0 Å². The van der Waals surface area contributed by atoms with Crippen LogP contribution in [-0.2, 0) is 16.1 Å². The van der Waals surface area contributed by atoms with Gasteiger partial charge in [0.05, 0.1) is 6.61 Å². The third-order valence-corrected chi connectivity index (χ3v) is 4.69. The standard InChI is InChI=1S/C17H21F3N2O3.2H2/c18-17(19,20)14-11-25-16(22-14)8-6-13(7-9-16)21-15(23)24-10-12-4-2-1-3-5-12;;/h1-5,13-14,22H,6-11H2,(H,21,23);2*1H/t13?,14-,16?;;/m1../s1. The van der Waals surface area contributed by atoms with Crippen molar-refractivity contribution in [3.05, 3.63) is 35.9 Å². The van der Waals surface area contributed by atoms with Crippen molar-refractivity contribution in [1.29, 1.82) is 0 Å². The number of halogens is 3. The number of hydrogen-bond donors (Lipinski definition) is 2. The molecule has 142 valence electrons. The SMILES string of the molecule is O=C(NC1CCC2(CC1)N[C@@H](C(F)(F)F)CO2)OCc1ccccc1.[HH].[HH]. The predicted molar refractivity (Wildman–Crippen MR) is 87.9 cm³/mol. The molecule has 1 saturated heterocycles. The first-order chi connectivity index (χ1) is 11.9. The highest BCUT2D eigenvalue weighted by atomic mass is 19.4. The lowest BCUT2D eigenvalue weighted by Gasteiger charge is -2.37. The van der Waals surface area contributed by atoms with Crippen LogP contribution in [0.15, 0.2) is 30.3 Å². The van der Waals surface area contributed by atoms with Gasteiger partial charge in [0.1, 0.15) is 18.4 Å². The number of hydrogen-bond acceptors (Lipinski definition) is 4. The highest BCUT2D eigenvalue weighted by Gasteiger charge is 2.51. The van der Waals surface area contributed by atoms with E-state index in [-0.39, 0.29) is 22.1 Å². The zero-order chi connectivity index (χ0) is 17.9. The topological polar surface area (TPSA) is 59.6 Å². The van der Waals surface area contributed by atoms with E-state index in [9.17, 15) is 18.0 Å². The van der Waals surface area contributed by atoms with E-state index in [1.807, 2.05) is 30.3 Å². The van der Waals surface area contributed by atoms with Crippen molar-refractivity contribution < 1.29 is 30.3 Å². The molecule has 3 rings (SSSR count). The van der Waals surface area contributed by atoms with Crippen molar-refractivity contribution in [3.8, 4) is 0 Å². The van der Waals surface area contributed by atoms with Crippen LogP contribution in [0.25, 0.3) is 0 Å². The second kappa shape index (κ2) is 7.21. The van der Waals surface area contributed by atoms with Gasteiger partial charge in [0.25, 0.3) is 0 Å². The van der Waals surface area contributed by atoms with Gasteiger partial charge in [0, 0.05) is 8.90 Å². The molecular formula is C17H25F3N2O3. The van der Waals surface area contributed by atoms with Crippen molar-refractivity contribution in [2.45, 2.75) is 56.3 Å². The number of rotatable bonds is 3. The number of alkyl carbamates (subject to hydrolysis) is 1. The summed E-state index contributed by atoms with van der Waals surface area (Å²) in [7, 11) is 0. The minimum atomic E-state index is -4.31. The van der Waals surface area contributed by atoms with Crippen molar-refractivity contribution in [1.82, 2.24) is 10.6 Å². The van der Waals surface area contributed by atoms with Gasteiger partial charge in [-0.1, -0.05) is 30.3 Å². The highest BCUT2D eigenvalue weighted by molar-refractivity contribution is 5.67. The molecule has 1 aromatic carbocycles. The molecule has 1 atom stereocenters. The van der Waals surface area contributed by atoms with Crippen LogP contribution >= 0.6 is 0 Å². The van der Waals surface area contributed by atoms with Crippen LogP contribution in [0.4, 0.5) is 18.0 Å². The second-order valence-electron chi connectivity index (χ2n) is 6.52. The molecule has 2 aliphatic rings. The predicted octanol–water partition coefficient (Wildman–Crippen LogP) is 3.59. The van der Waals surface area contributed by atoms with E-state index in [0.29, 0.717) is 25.7 Å². The molecule has 0 bridgehead atoms. The molecule has 1 saturated carbocycles. The Morgan fingerprint density at radius 2 is 2.00 bits per heavy atom. The Labute approximate surface area is 146 Å². The Bertz CT molecular complexity index is 597. The zero-order valence-electron chi connectivity index (χ0n) is 13.6. The van der Waals surface area contributed by atoms with Crippen LogP contribution in [0, 0.1) is 0 Å². The Hall–Kier alpha value is -1.80. The summed E-state index contributed by atoms with van der Waals surface area (Å²) in [6.45, 7) is -0.179. The lowest BCUT2D eigenvalue weighted by molar-refractivity contribution is -0.152. The quantitative estimate of drug-likeness (QED) is 0.863. The van der Waals surface area contributed by atoms with Gasteiger partial charge in [-0.2, -0.15) is 13.2 Å². The van der Waals surface area contributed by atoms with Crippen LogP contribution in [0.1, 0.15) is 34.1 Å². The van der Waals surface area contributed by atoms with Crippen LogP contribution in [-0.4, -0.2) is 36.7 Å². The molecular weight excluding hydrogens is 337 g/mol. The van der Waals surface area contributed by atoms with E-state index in [4.69, 9.17) is 9.47 Å². The smallest absolute Gasteiger partial charge is 0.407 e. The number of benzene rings is 1. The van der Waals surface area contributed by atoms with Crippen molar-refractivity contribution >= 4 is 6.09 Å². The molecule has 1 aromatic rings. The fourth-order valence-corrected chi connectivity index (χ4v) is 3.27. The zero-order valence-corrected chi connectivity index (χ0v) is 13.6. The molecule has 1 aliphatic heterocycles. The lowest BCUT2D eigenvalue weighted by atomic mass is 9.88. The Kier molecular flexibility index (Phi) is 5.19. The summed E-state index contributed by atoms with van der Waals surface area (Å²) in [5.41, 5.74) is -0.0336. The molecule has 8 heteroatoms. The number of alkyl halides is 3. The highest BCUT2D eigenvalue weighted by Crippen LogP contribution is 2.37. The summed E-state index contributed by atoms with van der Waals surface area (Å²) in [4.78, 5) is 11.9. The molecule has 5 nitrogen and oxygen atoms in total. The molecule has 25 heavy (non-hydrogen) atoms.